The number of hydrogen-bond acceptors (Lipinski definition) is 5. The molecule has 1 saturated heterocycles. The number of thiazole rings is 1. The van der Waals surface area contributed by atoms with Gasteiger partial charge in [-0.15, -0.1) is 11.3 Å². The lowest BCUT2D eigenvalue weighted by molar-refractivity contribution is -0.122. The zero-order valence-corrected chi connectivity index (χ0v) is 13.7. The zero-order chi connectivity index (χ0) is 15.4. The number of nitrogens with zero attached hydrogens (tertiary/aromatic N) is 1. The molecule has 6 heteroatoms. The summed E-state index contributed by atoms with van der Waals surface area (Å²) in [5, 5.41) is 18.7. The van der Waals surface area contributed by atoms with Crippen LogP contribution in [0.1, 0.15) is 55.1 Å². The first-order valence-electron chi connectivity index (χ1n) is 8.36. The van der Waals surface area contributed by atoms with Crippen molar-refractivity contribution < 1.29 is 9.90 Å². The van der Waals surface area contributed by atoms with E-state index in [0.29, 0.717) is 25.4 Å². The third-order valence-electron chi connectivity index (χ3n) is 4.66. The molecule has 0 aromatic carbocycles. The number of hydrogen-bond donors (Lipinski definition) is 3. The van der Waals surface area contributed by atoms with Gasteiger partial charge in [-0.3, -0.25) is 4.79 Å². The van der Waals surface area contributed by atoms with Crippen molar-refractivity contribution in [2.75, 3.05) is 13.1 Å². The molecule has 1 aromatic heterocycles. The Balaban J connectivity index is 1.42. The Kier molecular flexibility index (Phi) is 5.44. The number of aliphatic hydroxyl groups excluding tert-OH is 1. The highest BCUT2D eigenvalue weighted by Crippen LogP contribution is 2.33. The van der Waals surface area contributed by atoms with Crippen molar-refractivity contribution in [3.63, 3.8) is 0 Å². The number of rotatable bonds is 5. The molecule has 22 heavy (non-hydrogen) atoms. The van der Waals surface area contributed by atoms with E-state index in [0.717, 1.165) is 11.4 Å². The smallest absolute Gasteiger partial charge is 0.237 e. The van der Waals surface area contributed by atoms with Gasteiger partial charge in [0.25, 0.3) is 0 Å². The Labute approximate surface area is 135 Å². The normalized spacial score (nSPS) is 26.2. The minimum Gasteiger partial charge on any atom is -0.392 e. The van der Waals surface area contributed by atoms with Crippen molar-refractivity contribution in [1.82, 2.24) is 15.6 Å². The van der Waals surface area contributed by atoms with E-state index in [1.54, 1.807) is 11.3 Å². The average Bonchev–Trinajstić information content (AvgIpc) is 3.17. The van der Waals surface area contributed by atoms with Crippen molar-refractivity contribution in [2.24, 2.45) is 0 Å². The summed E-state index contributed by atoms with van der Waals surface area (Å²) in [6.45, 7) is 1.13. The zero-order valence-electron chi connectivity index (χ0n) is 12.9. The number of carbonyl (C=O) groups excluding carboxylic acids is 1. The molecule has 1 amide bonds. The molecule has 1 aromatic rings. The van der Waals surface area contributed by atoms with Gasteiger partial charge in [-0.05, 0) is 19.3 Å². The maximum Gasteiger partial charge on any atom is 0.237 e. The van der Waals surface area contributed by atoms with Crippen LogP contribution in [-0.2, 0) is 11.2 Å². The Morgan fingerprint density at radius 3 is 2.95 bits per heavy atom. The van der Waals surface area contributed by atoms with Gasteiger partial charge in [-0.1, -0.05) is 19.3 Å². The summed E-state index contributed by atoms with van der Waals surface area (Å²) in [5.74, 6) is 0.637. The van der Waals surface area contributed by atoms with E-state index in [9.17, 15) is 9.90 Å². The second kappa shape index (κ2) is 7.53. The summed E-state index contributed by atoms with van der Waals surface area (Å²) in [6, 6.07) is -0.246. The maximum atomic E-state index is 11.9. The molecule has 1 aliphatic carbocycles. The lowest BCUT2D eigenvalue weighted by Crippen LogP contribution is -2.41. The maximum absolute atomic E-state index is 11.9. The first kappa shape index (κ1) is 15.9. The van der Waals surface area contributed by atoms with Crippen molar-refractivity contribution in [3.05, 3.63) is 16.1 Å². The predicted octanol–water partition coefficient (Wildman–Crippen LogP) is 1.57. The molecule has 0 spiro atoms. The minimum absolute atomic E-state index is 0.0133. The molecule has 1 aliphatic heterocycles. The van der Waals surface area contributed by atoms with Crippen LogP contribution in [0.25, 0.3) is 0 Å². The van der Waals surface area contributed by atoms with Crippen LogP contribution in [0, 0.1) is 0 Å². The Hall–Kier alpha value is -0.980. The third-order valence-corrected chi connectivity index (χ3v) is 5.58. The molecule has 2 atom stereocenters. The highest BCUT2D eigenvalue weighted by Gasteiger charge is 2.27. The van der Waals surface area contributed by atoms with Crippen LogP contribution in [0.15, 0.2) is 5.38 Å². The van der Waals surface area contributed by atoms with Crippen LogP contribution >= 0.6 is 11.3 Å². The van der Waals surface area contributed by atoms with E-state index >= 15 is 0 Å². The molecule has 3 rings (SSSR count). The van der Waals surface area contributed by atoms with Crippen molar-refractivity contribution in [3.8, 4) is 0 Å². The monoisotopic (exact) mass is 323 g/mol. The van der Waals surface area contributed by atoms with Crippen LogP contribution < -0.4 is 10.6 Å². The number of aromatic nitrogens is 1. The number of amides is 1. The molecule has 0 bridgehead atoms. The molecule has 0 radical (unpaired) electrons. The van der Waals surface area contributed by atoms with Gasteiger partial charge in [0, 0.05) is 30.8 Å². The average molecular weight is 323 g/mol. The molecule has 2 aliphatic rings. The number of aliphatic hydroxyl groups is 1. The summed E-state index contributed by atoms with van der Waals surface area (Å²) >= 11 is 1.71. The van der Waals surface area contributed by atoms with Gasteiger partial charge >= 0.3 is 0 Å². The van der Waals surface area contributed by atoms with Gasteiger partial charge in [-0.25, -0.2) is 4.98 Å². The summed E-state index contributed by atoms with van der Waals surface area (Å²) in [7, 11) is 0. The Bertz CT molecular complexity index is 499. The van der Waals surface area contributed by atoms with Gasteiger partial charge < -0.3 is 15.7 Å². The predicted molar refractivity (Wildman–Crippen MR) is 87.1 cm³/mol. The number of carbonyl (C=O) groups is 1. The van der Waals surface area contributed by atoms with Crippen molar-refractivity contribution in [1.29, 1.82) is 0 Å². The van der Waals surface area contributed by atoms with E-state index < -0.39 is 6.10 Å². The fraction of sp³-hybridized carbons (Fsp3) is 0.750. The third kappa shape index (κ3) is 4.06. The first-order valence-corrected chi connectivity index (χ1v) is 9.24. The molecule has 3 N–H and O–H groups in total. The van der Waals surface area contributed by atoms with Gasteiger partial charge in [0.2, 0.25) is 5.91 Å². The molecular weight excluding hydrogens is 298 g/mol. The SMILES string of the molecule is O=C(NCCc1nc(C2CCCCC2)cs1)C1CC(O)CN1. The fourth-order valence-corrected chi connectivity index (χ4v) is 4.24. The first-order chi connectivity index (χ1) is 10.7. The number of β-amino-alcohol motifs (C(OH)–C–C–N with tert-alkyl or cyclic N) is 1. The molecule has 1 saturated carbocycles. The van der Waals surface area contributed by atoms with Crippen LogP contribution in [0.4, 0.5) is 0 Å². The summed E-state index contributed by atoms with van der Waals surface area (Å²) < 4.78 is 0. The molecule has 122 valence electrons. The fourth-order valence-electron chi connectivity index (χ4n) is 3.36. The lowest BCUT2D eigenvalue weighted by Gasteiger charge is -2.19. The molecule has 2 unspecified atom stereocenters. The second-order valence-corrected chi connectivity index (χ2v) is 7.34. The second-order valence-electron chi connectivity index (χ2n) is 6.39. The lowest BCUT2D eigenvalue weighted by atomic mass is 9.87. The van der Waals surface area contributed by atoms with Crippen molar-refractivity contribution >= 4 is 17.2 Å². The summed E-state index contributed by atoms with van der Waals surface area (Å²) in [5.41, 5.74) is 1.26. The van der Waals surface area contributed by atoms with Gasteiger partial charge in [0.1, 0.15) is 0 Å². The van der Waals surface area contributed by atoms with Gasteiger partial charge in [0.15, 0.2) is 0 Å². The van der Waals surface area contributed by atoms with Crippen LogP contribution in [-0.4, -0.2) is 41.2 Å². The van der Waals surface area contributed by atoms with E-state index in [-0.39, 0.29) is 11.9 Å². The summed E-state index contributed by atoms with van der Waals surface area (Å²) in [4.78, 5) is 16.7. The van der Waals surface area contributed by atoms with E-state index in [2.05, 4.69) is 16.0 Å². The highest BCUT2D eigenvalue weighted by molar-refractivity contribution is 7.09. The highest BCUT2D eigenvalue weighted by atomic mass is 32.1. The van der Waals surface area contributed by atoms with E-state index in [1.807, 2.05) is 0 Å². The Morgan fingerprint density at radius 2 is 2.23 bits per heavy atom. The largest absolute Gasteiger partial charge is 0.392 e. The Morgan fingerprint density at radius 1 is 1.41 bits per heavy atom. The molecule has 5 nitrogen and oxygen atoms in total. The summed E-state index contributed by atoms with van der Waals surface area (Å²) in [6.07, 6.45) is 7.47. The quantitative estimate of drug-likeness (QED) is 0.769. The van der Waals surface area contributed by atoms with Crippen LogP contribution in [0.2, 0.25) is 0 Å². The van der Waals surface area contributed by atoms with Crippen molar-refractivity contribution in [2.45, 2.75) is 63.0 Å². The van der Waals surface area contributed by atoms with Gasteiger partial charge in [-0.2, -0.15) is 0 Å². The van der Waals surface area contributed by atoms with E-state index in [1.165, 1.54) is 37.8 Å². The molecule has 2 heterocycles. The van der Waals surface area contributed by atoms with Crippen LogP contribution in [0.5, 0.6) is 0 Å². The van der Waals surface area contributed by atoms with Crippen LogP contribution in [0.3, 0.4) is 0 Å². The van der Waals surface area contributed by atoms with Gasteiger partial charge in [0.05, 0.1) is 22.8 Å². The molecule has 2 fully saturated rings. The van der Waals surface area contributed by atoms with E-state index in [4.69, 9.17) is 4.98 Å². The number of nitrogens with one attached hydrogen (secondary N) is 2. The molecular formula is C16H25N3O2S. The topological polar surface area (TPSA) is 74.2 Å². The minimum atomic E-state index is -0.396. The standard InChI is InChI=1S/C16H25N3O2S/c20-12-8-13(18-9-12)16(21)17-7-6-15-19-14(10-22-15)11-4-2-1-3-5-11/h10-13,18,20H,1-9H2,(H,17,21).